The van der Waals surface area contributed by atoms with Crippen molar-refractivity contribution in [1.82, 2.24) is 0 Å². The molecule has 25 heavy (non-hydrogen) atoms. The average molecular weight is 346 g/mol. The predicted molar refractivity (Wildman–Crippen MR) is 96.6 cm³/mol. The molecule has 0 bridgehead atoms. The lowest BCUT2D eigenvalue weighted by Gasteiger charge is -2.28. The SMILES string of the molecule is CCC[C@H]1CC[C@H](c2ccc(OC(=O)[C@H]3COC(C)(C)O3)cc2)CC1. The van der Waals surface area contributed by atoms with Crippen LogP contribution >= 0.6 is 0 Å². The molecule has 2 aliphatic rings. The third-order valence-corrected chi connectivity index (χ3v) is 5.38. The van der Waals surface area contributed by atoms with Gasteiger partial charge in [-0.2, -0.15) is 0 Å². The first-order chi connectivity index (χ1) is 12.0. The van der Waals surface area contributed by atoms with E-state index in [1.54, 1.807) is 13.8 Å². The van der Waals surface area contributed by atoms with Gasteiger partial charge < -0.3 is 14.2 Å². The van der Waals surface area contributed by atoms with Crippen molar-refractivity contribution in [2.75, 3.05) is 6.61 Å². The summed E-state index contributed by atoms with van der Waals surface area (Å²) in [5, 5.41) is 0. The molecule has 1 aliphatic heterocycles. The first kappa shape index (κ1) is 18.4. The molecule has 0 aromatic heterocycles. The van der Waals surface area contributed by atoms with Crippen LogP contribution in [-0.2, 0) is 14.3 Å². The molecule has 0 unspecified atom stereocenters. The fourth-order valence-corrected chi connectivity index (χ4v) is 3.99. The highest BCUT2D eigenvalue weighted by Gasteiger charge is 2.38. The molecule has 0 amide bonds. The van der Waals surface area contributed by atoms with Crippen molar-refractivity contribution in [3.8, 4) is 5.75 Å². The molecule has 1 saturated heterocycles. The van der Waals surface area contributed by atoms with E-state index in [4.69, 9.17) is 14.2 Å². The number of rotatable bonds is 5. The van der Waals surface area contributed by atoms with Crippen LogP contribution in [0.4, 0.5) is 0 Å². The average Bonchev–Trinajstić information content (AvgIpc) is 2.97. The van der Waals surface area contributed by atoms with Gasteiger partial charge >= 0.3 is 5.97 Å². The van der Waals surface area contributed by atoms with Gasteiger partial charge in [0, 0.05) is 0 Å². The summed E-state index contributed by atoms with van der Waals surface area (Å²) in [6, 6.07) is 7.99. The van der Waals surface area contributed by atoms with Crippen LogP contribution in [0.2, 0.25) is 0 Å². The fourth-order valence-electron chi connectivity index (χ4n) is 3.99. The molecule has 0 N–H and O–H groups in total. The monoisotopic (exact) mass is 346 g/mol. The summed E-state index contributed by atoms with van der Waals surface area (Å²) in [4.78, 5) is 12.2. The molecule has 4 heteroatoms. The van der Waals surface area contributed by atoms with Crippen LogP contribution in [0.3, 0.4) is 0 Å². The van der Waals surface area contributed by atoms with Gasteiger partial charge in [-0.25, -0.2) is 4.79 Å². The second kappa shape index (κ2) is 7.88. The molecule has 1 aliphatic carbocycles. The summed E-state index contributed by atoms with van der Waals surface area (Å²) < 4.78 is 16.4. The highest BCUT2D eigenvalue weighted by Crippen LogP contribution is 2.37. The Labute approximate surface area is 150 Å². The predicted octanol–water partition coefficient (Wildman–Crippen LogP) is 4.82. The maximum Gasteiger partial charge on any atom is 0.343 e. The van der Waals surface area contributed by atoms with Gasteiger partial charge in [-0.1, -0.05) is 31.9 Å². The number of carbonyl (C=O) groups is 1. The van der Waals surface area contributed by atoms with Crippen molar-refractivity contribution in [2.24, 2.45) is 5.92 Å². The minimum atomic E-state index is -0.718. The summed E-state index contributed by atoms with van der Waals surface area (Å²) >= 11 is 0. The Morgan fingerprint density at radius 3 is 2.40 bits per heavy atom. The summed E-state index contributed by atoms with van der Waals surface area (Å²) in [6.07, 6.45) is 7.23. The Hall–Kier alpha value is -1.39. The lowest BCUT2D eigenvalue weighted by molar-refractivity contribution is -0.162. The van der Waals surface area contributed by atoms with E-state index >= 15 is 0 Å². The van der Waals surface area contributed by atoms with Gasteiger partial charge in [0.2, 0.25) is 0 Å². The van der Waals surface area contributed by atoms with E-state index in [1.165, 1.54) is 44.1 Å². The van der Waals surface area contributed by atoms with Crippen molar-refractivity contribution in [2.45, 2.75) is 77.1 Å². The van der Waals surface area contributed by atoms with E-state index in [-0.39, 0.29) is 6.61 Å². The molecule has 2 fully saturated rings. The third-order valence-electron chi connectivity index (χ3n) is 5.38. The van der Waals surface area contributed by atoms with Crippen molar-refractivity contribution in [1.29, 1.82) is 0 Å². The van der Waals surface area contributed by atoms with Crippen LogP contribution in [0.1, 0.15) is 70.8 Å². The van der Waals surface area contributed by atoms with Gasteiger partial charge in [-0.15, -0.1) is 0 Å². The fraction of sp³-hybridized carbons (Fsp3) is 0.667. The molecule has 1 atom stereocenters. The smallest absolute Gasteiger partial charge is 0.343 e. The second-order valence-corrected chi connectivity index (χ2v) is 7.81. The van der Waals surface area contributed by atoms with Crippen molar-refractivity contribution < 1.29 is 19.0 Å². The van der Waals surface area contributed by atoms with E-state index in [0.29, 0.717) is 11.7 Å². The Kier molecular flexibility index (Phi) is 5.80. The van der Waals surface area contributed by atoms with Gasteiger partial charge in [0.25, 0.3) is 0 Å². The summed E-state index contributed by atoms with van der Waals surface area (Å²) in [5.41, 5.74) is 1.36. The van der Waals surface area contributed by atoms with Crippen molar-refractivity contribution in [3.05, 3.63) is 29.8 Å². The largest absolute Gasteiger partial charge is 0.425 e. The van der Waals surface area contributed by atoms with E-state index in [0.717, 1.165) is 5.92 Å². The standard InChI is InChI=1S/C21H30O4/c1-4-5-15-6-8-16(9-7-15)17-10-12-18(13-11-17)24-20(22)19-14-23-21(2,3)25-19/h10-13,15-16,19H,4-9,14H2,1-3H3/t15-,16-,19-/m1/s1. The van der Waals surface area contributed by atoms with Gasteiger partial charge in [-0.3, -0.25) is 0 Å². The highest BCUT2D eigenvalue weighted by atomic mass is 16.8. The zero-order valence-corrected chi connectivity index (χ0v) is 15.6. The molecule has 1 aromatic carbocycles. The van der Waals surface area contributed by atoms with Crippen LogP contribution in [0.15, 0.2) is 24.3 Å². The lowest BCUT2D eigenvalue weighted by Crippen LogP contribution is -2.30. The number of carbonyl (C=O) groups excluding carboxylic acids is 1. The van der Waals surface area contributed by atoms with Crippen molar-refractivity contribution in [3.63, 3.8) is 0 Å². The molecule has 4 nitrogen and oxygen atoms in total. The van der Waals surface area contributed by atoms with E-state index < -0.39 is 17.9 Å². The van der Waals surface area contributed by atoms with Crippen LogP contribution in [0.25, 0.3) is 0 Å². The number of esters is 1. The molecule has 1 heterocycles. The Morgan fingerprint density at radius 1 is 1.16 bits per heavy atom. The highest BCUT2D eigenvalue weighted by molar-refractivity contribution is 5.77. The van der Waals surface area contributed by atoms with E-state index in [9.17, 15) is 4.79 Å². The van der Waals surface area contributed by atoms with Crippen LogP contribution < -0.4 is 4.74 Å². The molecular formula is C21H30O4. The van der Waals surface area contributed by atoms with Crippen LogP contribution in [0, 0.1) is 5.92 Å². The minimum Gasteiger partial charge on any atom is -0.425 e. The molecule has 1 aromatic rings. The van der Waals surface area contributed by atoms with Crippen molar-refractivity contribution >= 4 is 5.97 Å². The molecule has 0 spiro atoms. The molecule has 3 rings (SSSR count). The first-order valence-corrected chi connectivity index (χ1v) is 9.60. The summed E-state index contributed by atoms with van der Waals surface area (Å²) in [5.74, 6) is 1.02. The Bertz CT molecular complexity index is 570. The van der Waals surface area contributed by atoms with Crippen LogP contribution in [-0.4, -0.2) is 24.5 Å². The summed E-state index contributed by atoms with van der Waals surface area (Å²) in [7, 11) is 0. The summed E-state index contributed by atoms with van der Waals surface area (Å²) in [6.45, 7) is 6.11. The number of ether oxygens (including phenoxy) is 3. The van der Waals surface area contributed by atoms with Gasteiger partial charge in [0.1, 0.15) is 5.75 Å². The van der Waals surface area contributed by atoms with E-state index in [1.807, 2.05) is 12.1 Å². The number of benzene rings is 1. The van der Waals surface area contributed by atoms with Crippen LogP contribution in [0.5, 0.6) is 5.75 Å². The third kappa shape index (κ3) is 4.83. The maximum atomic E-state index is 12.2. The quantitative estimate of drug-likeness (QED) is 0.566. The molecular weight excluding hydrogens is 316 g/mol. The molecule has 1 saturated carbocycles. The van der Waals surface area contributed by atoms with Gasteiger partial charge in [0.15, 0.2) is 11.9 Å². The van der Waals surface area contributed by atoms with Gasteiger partial charge in [0.05, 0.1) is 6.61 Å². The Balaban J connectivity index is 1.52. The minimum absolute atomic E-state index is 0.241. The maximum absolute atomic E-state index is 12.2. The zero-order chi connectivity index (χ0) is 17.9. The number of hydrogen-bond donors (Lipinski definition) is 0. The Morgan fingerprint density at radius 2 is 1.84 bits per heavy atom. The molecule has 138 valence electrons. The van der Waals surface area contributed by atoms with E-state index in [2.05, 4.69) is 19.1 Å². The normalized spacial score (nSPS) is 28.7. The number of hydrogen-bond acceptors (Lipinski definition) is 4. The lowest BCUT2D eigenvalue weighted by atomic mass is 9.77. The molecule has 0 radical (unpaired) electrons. The zero-order valence-electron chi connectivity index (χ0n) is 15.6. The van der Waals surface area contributed by atoms with Gasteiger partial charge in [-0.05, 0) is 69.1 Å². The first-order valence-electron chi connectivity index (χ1n) is 9.60. The second-order valence-electron chi connectivity index (χ2n) is 7.81. The topological polar surface area (TPSA) is 44.8 Å².